The molecule has 1 heterocycles. The first-order valence-electron chi connectivity index (χ1n) is 8.19. The Morgan fingerprint density at radius 2 is 1.86 bits per heavy atom. The summed E-state index contributed by atoms with van der Waals surface area (Å²) >= 11 is 0. The molecule has 1 saturated heterocycles. The fourth-order valence-electron chi connectivity index (χ4n) is 2.48. The molecule has 0 aromatic carbocycles. The van der Waals surface area contributed by atoms with Crippen molar-refractivity contribution in [2.75, 3.05) is 32.8 Å². The Morgan fingerprint density at radius 1 is 1.14 bits per heavy atom. The fraction of sp³-hybridized carbons (Fsp3) is 0.722. The molecule has 0 aliphatic carbocycles. The van der Waals surface area contributed by atoms with Crippen molar-refractivity contribution in [2.24, 2.45) is 0 Å². The molecule has 0 amide bonds. The first kappa shape index (κ1) is 20.9. The van der Waals surface area contributed by atoms with Crippen molar-refractivity contribution in [3.8, 4) is 0 Å². The monoisotopic (exact) mass is 285 g/mol. The van der Waals surface area contributed by atoms with Crippen LogP contribution in [0.1, 0.15) is 52.4 Å². The average molecular weight is 285 g/mol. The van der Waals surface area contributed by atoms with Gasteiger partial charge in [0.1, 0.15) is 0 Å². The number of morpholine rings is 1. The van der Waals surface area contributed by atoms with Gasteiger partial charge in [-0.05, 0) is 13.3 Å². The average Bonchev–Trinajstić information content (AvgIpc) is 2.45. The van der Waals surface area contributed by atoms with Crippen LogP contribution < -0.4 is 18.9 Å². The van der Waals surface area contributed by atoms with E-state index in [0.717, 1.165) is 45.7 Å². The number of nitrogens with zero attached hydrogens (tertiary/aromatic N) is 1. The van der Waals surface area contributed by atoms with Crippen LogP contribution in [0.2, 0.25) is 0 Å². The third-order valence-corrected chi connectivity index (χ3v) is 3.78. The second kappa shape index (κ2) is 13.5. The van der Waals surface area contributed by atoms with Gasteiger partial charge in [0.05, 0.1) is 13.2 Å². The van der Waals surface area contributed by atoms with Crippen LogP contribution in [0.4, 0.5) is 0 Å². The maximum Gasteiger partial charge on any atom is 1.00 e. The van der Waals surface area contributed by atoms with E-state index in [0.29, 0.717) is 0 Å². The van der Waals surface area contributed by atoms with Gasteiger partial charge in [0.25, 0.3) is 0 Å². The molecule has 3 heteroatoms. The van der Waals surface area contributed by atoms with Crippen molar-refractivity contribution in [1.29, 1.82) is 0 Å². The van der Waals surface area contributed by atoms with Gasteiger partial charge in [-0.3, -0.25) is 4.90 Å². The number of ether oxygens (including phenoxy) is 1. The van der Waals surface area contributed by atoms with E-state index in [4.69, 9.17) is 4.74 Å². The first-order chi connectivity index (χ1) is 9.72. The van der Waals surface area contributed by atoms with Gasteiger partial charge in [0, 0.05) is 19.6 Å². The first-order valence-corrected chi connectivity index (χ1v) is 8.19. The maximum absolute atomic E-state index is 5.37. The quantitative estimate of drug-likeness (QED) is 0.275. The molecule has 0 N–H and O–H groups in total. The standard InChI is InChI=1S/C18H32NO.Li/c1-4-5-6-7-9-17(2)10-8-11-18(3)16-19-12-14-20-15-13-19;/h9,11H,2,4-8,10,12-16H2,1,3H3;/q-1;+1/b17-9-,18-11+;. The topological polar surface area (TPSA) is 12.5 Å². The largest absolute Gasteiger partial charge is 1.00 e. The molecule has 1 aliphatic heterocycles. The predicted molar refractivity (Wildman–Crippen MR) is 87.8 cm³/mol. The molecular formula is C18H32LiNO. The van der Waals surface area contributed by atoms with E-state index < -0.39 is 0 Å². The van der Waals surface area contributed by atoms with Crippen molar-refractivity contribution < 1.29 is 23.6 Å². The molecule has 0 unspecified atom stereocenters. The number of unbranched alkanes of at least 4 members (excludes halogenated alkanes) is 3. The van der Waals surface area contributed by atoms with Crippen LogP contribution in [0.5, 0.6) is 0 Å². The predicted octanol–water partition coefficient (Wildman–Crippen LogP) is 1.39. The molecular weight excluding hydrogens is 253 g/mol. The molecule has 0 spiro atoms. The molecule has 0 aromatic rings. The second-order valence-electron chi connectivity index (χ2n) is 5.84. The normalized spacial score (nSPS) is 17.6. The molecule has 2 nitrogen and oxygen atoms in total. The summed E-state index contributed by atoms with van der Waals surface area (Å²) in [4.78, 5) is 2.47. The number of allylic oxidation sites excluding steroid dienone is 3. The van der Waals surface area contributed by atoms with Gasteiger partial charge >= 0.3 is 18.9 Å². The van der Waals surface area contributed by atoms with Crippen LogP contribution in [0.25, 0.3) is 0 Å². The molecule has 0 aromatic heterocycles. The van der Waals surface area contributed by atoms with Crippen LogP contribution in [0, 0.1) is 6.92 Å². The molecule has 0 atom stereocenters. The van der Waals surface area contributed by atoms with E-state index >= 15 is 0 Å². The zero-order chi connectivity index (χ0) is 14.6. The molecule has 1 rings (SSSR count). The molecule has 116 valence electrons. The van der Waals surface area contributed by atoms with Crippen molar-refractivity contribution in [3.05, 3.63) is 30.2 Å². The maximum atomic E-state index is 5.37. The molecule has 0 saturated carbocycles. The van der Waals surface area contributed by atoms with Crippen molar-refractivity contribution in [2.45, 2.75) is 52.4 Å². The second-order valence-corrected chi connectivity index (χ2v) is 5.84. The SMILES string of the molecule is [CH2-]/C(=C/CCCCC)CC/C=C(\C)CN1CCOCC1.[Li+]. The zero-order valence-electron chi connectivity index (χ0n) is 14.5. The Labute approximate surface area is 144 Å². The Balaban J connectivity index is 0.00000400. The van der Waals surface area contributed by atoms with Gasteiger partial charge in [0.15, 0.2) is 0 Å². The Kier molecular flexibility index (Phi) is 13.4. The molecule has 0 bridgehead atoms. The van der Waals surface area contributed by atoms with Crippen molar-refractivity contribution in [3.63, 3.8) is 0 Å². The Morgan fingerprint density at radius 3 is 2.52 bits per heavy atom. The van der Waals surface area contributed by atoms with E-state index in [9.17, 15) is 0 Å². The van der Waals surface area contributed by atoms with E-state index in [1.54, 1.807) is 0 Å². The smallest absolute Gasteiger partial charge is 0.379 e. The number of hydrogen-bond donors (Lipinski definition) is 0. The fourth-order valence-corrected chi connectivity index (χ4v) is 2.48. The summed E-state index contributed by atoms with van der Waals surface area (Å²) in [7, 11) is 0. The van der Waals surface area contributed by atoms with E-state index in [2.05, 4.69) is 37.8 Å². The minimum atomic E-state index is 0. The van der Waals surface area contributed by atoms with E-state index in [1.165, 1.54) is 36.8 Å². The van der Waals surface area contributed by atoms with Crippen LogP contribution in [-0.4, -0.2) is 37.7 Å². The molecule has 1 fully saturated rings. The number of rotatable bonds is 9. The van der Waals surface area contributed by atoms with E-state index in [-0.39, 0.29) is 18.9 Å². The zero-order valence-corrected chi connectivity index (χ0v) is 14.5. The van der Waals surface area contributed by atoms with Crippen molar-refractivity contribution in [1.82, 2.24) is 4.90 Å². The summed E-state index contributed by atoms with van der Waals surface area (Å²) in [5.74, 6) is 0. The van der Waals surface area contributed by atoms with Gasteiger partial charge < -0.3 is 4.74 Å². The summed E-state index contributed by atoms with van der Waals surface area (Å²) in [5, 5.41) is 0. The summed E-state index contributed by atoms with van der Waals surface area (Å²) in [6.45, 7) is 13.6. The van der Waals surface area contributed by atoms with E-state index in [1.807, 2.05) is 0 Å². The summed E-state index contributed by atoms with van der Waals surface area (Å²) in [6.07, 6.45) is 12.1. The van der Waals surface area contributed by atoms with Crippen molar-refractivity contribution >= 4 is 0 Å². The van der Waals surface area contributed by atoms with Crippen LogP contribution in [0.3, 0.4) is 0 Å². The summed E-state index contributed by atoms with van der Waals surface area (Å²) < 4.78 is 5.37. The minimum absolute atomic E-state index is 0. The minimum Gasteiger partial charge on any atom is -0.379 e. The van der Waals surface area contributed by atoms with Gasteiger partial charge in [-0.1, -0.05) is 44.3 Å². The van der Waals surface area contributed by atoms with Gasteiger partial charge in [-0.25, -0.2) is 18.6 Å². The Hall–Kier alpha value is -0.133. The Bertz CT molecular complexity index is 306. The van der Waals surface area contributed by atoms with Gasteiger partial charge in [0.2, 0.25) is 0 Å². The summed E-state index contributed by atoms with van der Waals surface area (Å²) in [5.41, 5.74) is 2.78. The summed E-state index contributed by atoms with van der Waals surface area (Å²) in [6, 6.07) is 0. The van der Waals surface area contributed by atoms with Gasteiger partial charge in [-0.2, -0.15) is 0 Å². The van der Waals surface area contributed by atoms with Crippen LogP contribution in [0.15, 0.2) is 23.3 Å². The van der Waals surface area contributed by atoms with Crippen LogP contribution in [-0.2, 0) is 4.74 Å². The molecule has 21 heavy (non-hydrogen) atoms. The molecule has 0 radical (unpaired) electrons. The third kappa shape index (κ3) is 11.1. The number of hydrogen-bond acceptors (Lipinski definition) is 2. The third-order valence-electron chi connectivity index (χ3n) is 3.78. The molecule has 1 aliphatic rings. The van der Waals surface area contributed by atoms with Crippen LogP contribution >= 0.6 is 0 Å². The van der Waals surface area contributed by atoms with Gasteiger partial charge in [-0.15, -0.1) is 6.42 Å².